The van der Waals surface area contributed by atoms with Crippen LogP contribution < -0.4 is 15.8 Å². The number of ether oxygens (including phenoxy) is 1. The number of aliphatic imine (C=N–C) groups is 1. The molecule has 1 aromatic heterocycles. The van der Waals surface area contributed by atoms with Crippen LogP contribution in [0.25, 0.3) is 11.0 Å². The molecule has 1 aliphatic heterocycles. The van der Waals surface area contributed by atoms with E-state index < -0.39 is 0 Å². The topological polar surface area (TPSA) is 77.5 Å². The van der Waals surface area contributed by atoms with Gasteiger partial charge in [0.1, 0.15) is 5.75 Å². The molecular weight excluding hydrogens is 290 g/mol. The molecule has 3 N–H and O–H groups in total. The zero-order valence-electron chi connectivity index (χ0n) is 12.7. The number of imidazole rings is 1. The van der Waals surface area contributed by atoms with Gasteiger partial charge in [0.15, 0.2) is 12.1 Å². The fraction of sp³-hybridized carbons (Fsp3) is 0.176. The predicted octanol–water partition coefficient (Wildman–Crippen LogP) is 2.72. The number of para-hydroxylation sites is 2. The molecule has 0 saturated heterocycles. The number of hydrogen-bond donors (Lipinski definition) is 2. The number of nitrogens with one attached hydrogen (secondary N) is 1. The monoisotopic (exact) mass is 307 g/mol. The van der Waals surface area contributed by atoms with Gasteiger partial charge in [-0.3, -0.25) is 9.88 Å². The highest BCUT2D eigenvalue weighted by atomic mass is 16.5. The molecule has 6 nitrogen and oxygen atoms in total. The molecule has 2 heterocycles. The van der Waals surface area contributed by atoms with E-state index in [-0.39, 0.29) is 6.17 Å². The molecule has 23 heavy (non-hydrogen) atoms. The lowest BCUT2D eigenvalue weighted by molar-refractivity contribution is 0.340. The molecule has 1 unspecified atom stereocenters. The number of benzene rings is 2. The molecule has 3 aromatic rings. The molecule has 2 aromatic carbocycles. The van der Waals surface area contributed by atoms with Gasteiger partial charge in [-0.25, -0.2) is 9.98 Å². The van der Waals surface area contributed by atoms with Crippen molar-refractivity contribution in [2.24, 2.45) is 10.7 Å². The summed E-state index contributed by atoms with van der Waals surface area (Å²) in [4.78, 5) is 9.15. The van der Waals surface area contributed by atoms with Crippen molar-refractivity contribution in [1.82, 2.24) is 9.55 Å². The summed E-state index contributed by atoms with van der Waals surface area (Å²) in [5.41, 5.74) is 8.90. The molecule has 0 radical (unpaired) electrons. The second-order valence-corrected chi connectivity index (χ2v) is 5.31. The van der Waals surface area contributed by atoms with Crippen LogP contribution in [0.15, 0.2) is 53.5 Å². The first-order chi connectivity index (χ1) is 11.3. The number of nitrogens with two attached hydrogens (primary N) is 1. The van der Waals surface area contributed by atoms with Crippen molar-refractivity contribution in [2.45, 2.75) is 13.1 Å². The van der Waals surface area contributed by atoms with Gasteiger partial charge in [-0.05, 0) is 36.8 Å². The van der Waals surface area contributed by atoms with E-state index in [1.165, 1.54) is 0 Å². The first-order valence-corrected chi connectivity index (χ1v) is 7.56. The van der Waals surface area contributed by atoms with E-state index in [9.17, 15) is 0 Å². The van der Waals surface area contributed by atoms with Gasteiger partial charge in [-0.2, -0.15) is 0 Å². The van der Waals surface area contributed by atoms with Crippen molar-refractivity contribution < 1.29 is 4.74 Å². The Balaban J connectivity index is 1.83. The normalized spacial score (nSPS) is 16.6. The molecule has 0 aliphatic carbocycles. The Hall–Kier alpha value is -3.02. The van der Waals surface area contributed by atoms with Gasteiger partial charge in [-0.15, -0.1) is 0 Å². The van der Waals surface area contributed by atoms with Crippen LogP contribution in [0.3, 0.4) is 0 Å². The first-order valence-electron chi connectivity index (χ1n) is 7.56. The Morgan fingerprint density at radius 1 is 1.17 bits per heavy atom. The van der Waals surface area contributed by atoms with Gasteiger partial charge in [0.25, 0.3) is 0 Å². The van der Waals surface area contributed by atoms with Crippen molar-refractivity contribution in [1.29, 1.82) is 0 Å². The zero-order valence-corrected chi connectivity index (χ0v) is 12.7. The lowest BCUT2D eigenvalue weighted by Gasteiger charge is -2.23. The Bertz CT molecular complexity index is 882. The van der Waals surface area contributed by atoms with Gasteiger partial charge in [0.05, 0.1) is 17.6 Å². The number of fused-ring (bicyclic) bond motifs is 3. The molecule has 0 bridgehead atoms. The second kappa shape index (κ2) is 5.31. The molecule has 0 saturated carbocycles. The summed E-state index contributed by atoms with van der Waals surface area (Å²) < 4.78 is 7.56. The van der Waals surface area contributed by atoms with Crippen LogP contribution in [0.1, 0.15) is 18.7 Å². The number of hydrogen-bond acceptors (Lipinski definition) is 5. The molecule has 0 fully saturated rings. The van der Waals surface area contributed by atoms with Crippen LogP contribution in [0.2, 0.25) is 0 Å². The summed E-state index contributed by atoms with van der Waals surface area (Å²) in [6.07, 6.45) is -0.241. The van der Waals surface area contributed by atoms with Gasteiger partial charge in [0, 0.05) is 0 Å². The zero-order chi connectivity index (χ0) is 15.8. The average molecular weight is 307 g/mol. The van der Waals surface area contributed by atoms with E-state index in [1.807, 2.05) is 55.5 Å². The van der Waals surface area contributed by atoms with Crippen LogP contribution in [0.5, 0.6) is 5.75 Å². The van der Waals surface area contributed by atoms with Crippen molar-refractivity contribution in [3.05, 3.63) is 54.1 Å². The minimum absolute atomic E-state index is 0.241. The van der Waals surface area contributed by atoms with E-state index in [2.05, 4.69) is 19.9 Å². The van der Waals surface area contributed by atoms with Crippen molar-refractivity contribution in [3.63, 3.8) is 0 Å². The van der Waals surface area contributed by atoms with Crippen LogP contribution in [-0.4, -0.2) is 22.1 Å². The minimum Gasteiger partial charge on any atom is -0.494 e. The third kappa shape index (κ3) is 2.28. The molecule has 1 aliphatic rings. The molecule has 116 valence electrons. The summed E-state index contributed by atoms with van der Waals surface area (Å²) >= 11 is 0. The Morgan fingerprint density at radius 3 is 2.74 bits per heavy atom. The summed E-state index contributed by atoms with van der Waals surface area (Å²) in [7, 11) is 0. The van der Waals surface area contributed by atoms with Gasteiger partial charge < -0.3 is 10.5 Å². The molecule has 0 spiro atoms. The lowest BCUT2D eigenvalue weighted by Crippen LogP contribution is -2.31. The summed E-state index contributed by atoms with van der Waals surface area (Å²) in [5, 5.41) is 3.04. The highest BCUT2D eigenvalue weighted by Crippen LogP contribution is 2.32. The lowest BCUT2D eigenvalue weighted by atomic mass is 10.1. The number of guanidine groups is 1. The van der Waals surface area contributed by atoms with Crippen LogP contribution in [0.4, 0.5) is 5.95 Å². The van der Waals surface area contributed by atoms with E-state index >= 15 is 0 Å². The van der Waals surface area contributed by atoms with Crippen molar-refractivity contribution in [2.75, 3.05) is 11.9 Å². The third-order valence-corrected chi connectivity index (χ3v) is 3.83. The molecule has 0 amide bonds. The van der Waals surface area contributed by atoms with Crippen LogP contribution in [-0.2, 0) is 0 Å². The predicted molar refractivity (Wildman–Crippen MR) is 90.7 cm³/mol. The van der Waals surface area contributed by atoms with Crippen LogP contribution in [0, 0.1) is 0 Å². The highest BCUT2D eigenvalue weighted by Gasteiger charge is 2.24. The molecule has 1 atom stereocenters. The van der Waals surface area contributed by atoms with Gasteiger partial charge >= 0.3 is 0 Å². The first kappa shape index (κ1) is 13.6. The number of aromatic nitrogens is 2. The average Bonchev–Trinajstić information content (AvgIpc) is 2.93. The maximum atomic E-state index is 5.94. The number of anilines is 1. The SMILES string of the molecule is CCOc1ccc(C2N=C(N)Nc3nc4ccccc4n32)cc1. The van der Waals surface area contributed by atoms with Crippen molar-refractivity contribution >= 4 is 22.9 Å². The van der Waals surface area contributed by atoms with Crippen molar-refractivity contribution in [3.8, 4) is 5.75 Å². The van der Waals surface area contributed by atoms with Crippen LogP contribution >= 0.6 is 0 Å². The Morgan fingerprint density at radius 2 is 1.96 bits per heavy atom. The fourth-order valence-electron chi connectivity index (χ4n) is 2.84. The van der Waals surface area contributed by atoms with Gasteiger partial charge in [0.2, 0.25) is 5.95 Å². The third-order valence-electron chi connectivity index (χ3n) is 3.83. The standard InChI is InChI=1S/C17H17N5O/c1-2-23-12-9-7-11(8-10-12)15-20-16(18)21-17-19-13-5-3-4-6-14(13)22(15)17/h3-10,15H,2H2,1H3,(H3,18,19,20,21). The molecular formula is C17H17N5O. The highest BCUT2D eigenvalue weighted by molar-refractivity contribution is 5.94. The summed E-state index contributed by atoms with van der Waals surface area (Å²) in [6, 6.07) is 15.9. The summed E-state index contributed by atoms with van der Waals surface area (Å²) in [6.45, 7) is 2.61. The summed E-state index contributed by atoms with van der Waals surface area (Å²) in [5.74, 6) is 1.92. The van der Waals surface area contributed by atoms with Gasteiger partial charge in [-0.1, -0.05) is 24.3 Å². The largest absolute Gasteiger partial charge is 0.494 e. The Labute approximate surface area is 133 Å². The van der Waals surface area contributed by atoms with E-state index in [4.69, 9.17) is 10.5 Å². The van der Waals surface area contributed by atoms with E-state index in [0.717, 1.165) is 22.3 Å². The van der Waals surface area contributed by atoms with E-state index in [1.54, 1.807) is 0 Å². The second-order valence-electron chi connectivity index (χ2n) is 5.31. The quantitative estimate of drug-likeness (QED) is 0.780. The number of rotatable bonds is 3. The Kier molecular flexibility index (Phi) is 3.15. The maximum absolute atomic E-state index is 5.94. The fourth-order valence-corrected chi connectivity index (χ4v) is 2.84. The maximum Gasteiger partial charge on any atom is 0.212 e. The number of nitrogens with zero attached hydrogens (tertiary/aromatic N) is 3. The molecule has 4 rings (SSSR count). The smallest absolute Gasteiger partial charge is 0.212 e. The minimum atomic E-state index is -0.241. The van der Waals surface area contributed by atoms with E-state index in [0.29, 0.717) is 18.5 Å². The molecule has 6 heteroatoms.